The van der Waals surface area contributed by atoms with Crippen LogP contribution in [0.3, 0.4) is 0 Å². The first kappa shape index (κ1) is 9.64. The molecule has 0 unspecified atom stereocenters. The molecule has 3 nitrogen and oxygen atoms in total. The third-order valence-electron chi connectivity index (χ3n) is 1.58. The molecule has 0 aromatic heterocycles. The van der Waals surface area contributed by atoms with Crippen molar-refractivity contribution in [2.45, 2.75) is 6.82 Å². The number of hydrogen-bond acceptors (Lipinski definition) is 2. The molecular formula is C9H10BO3. The Balaban J connectivity index is 2.54. The molecule has 0 spiro atoms. The molecule has 0 atom stereocenters. The van der Waals surface area contributed by atoms with Crippen molar-refractivity contribution in [3.8, 4) is 5.75 Å². The lowest BCUT2D eigenvalue weighted by Gasteiger charge is -2.02. The fourth-order valence-corrected chi connectivity index (χ4v) is 0.902. The quantitative estimate of drug-likeness (QED) is 0.682. The fourth-order valence-electron chi connectivity index (χ4n) is 0.902. The molecule has 0 fully saturated rings. The van der Waals surface area contributed by atoms with Crippen LogP contribution in [0.25, 0.3) is 0 Å². The molecule has 0 heterocycles. The molecule has 0 bridgehead atoms. The highest BCUT2D eigenvalue weighted by atomic mass is 16.5. The predicted octanol–water partition coefficient (Wildman–Crippen LogP) is 0.528. The molecule has 0 saturated heterocycles. The number of aliphatic carboxylic acids is 1. The zero-order valence-electron chi connectivity index (χ0n) is 7.36. The molecule has 1 radical (unpaired) electrons. The van der Waals surface area contributed by atoms with Crippen molar-refractivity contribution < 1.29 is 14.6 Å². The second-order valence-electron chi connectivity index (χ2n) is 2.54. The van der Waals surface area contributed by atoms with Gasteiger partial charge >= 0.3 is 5.97 Å². The molecule has 0 aliphatic heterocycles. The number of carbonyl (C=O) groups is 1. The topological polar surface area (TPSA) is 46.5 Å². The fraction of sp³-hybridized carbons (Fsp3) is 0.222. The van der Waals surface area contributed by atoms with Gasteiger partial charge in [-0.25, -0.2) is 4.79 Å². The summed E-state index contributed by atoms with van der Waals surface area (Å²) in [5.41, 5.74) is 1.09. The van der Waals surface area contributed by atoms with Crippen LogP contribution < -0.4 is 10.2 Å². The minimum Gasteiger partial charge on any atom is -0.482 e. The summed E-state index contributed by atoms with van der Waals surface area (Å²) in [6.45, 7) is 1.64. The van der Waals surface area contributed by atoms with Crippen LogP contribution >= 0.6 is 0 Å². The van der Waals surface area contributed by atoms with Crippen LogP contribution in [-0.4, -0.2) is 25.0 Å². The van der Waals surface area contributed by atoms with E-state index in [1.54, 1.807) is 12.1 Å². The first-order chi connectivity index (χ1) is 6.22. The van der Waals surface area contributed by atoms with E-state index in [-0.39, 0.29) is 6.61 Å². The number of hydrogen-bond donors (Lipinski definition) is 1. The summed E-state index contributed by atoms with van der Waals surface area (Å²) in [4.78, 5) is 10.2. The molecule has 13 heavy (non-hydrogen) atoms. The normalized spacial score (nSPS) is 9.31. The summed E-state index contributed by atoms with van der Waals surface area (Å²) < 4.78 is 4.95. The second-order valence-corrected chi connectivity index (χ2v) is 2.54. The Morgan fingerprint density at radius 3 is 2.54 bits per heavy atom. The van der Waals surface area contributed by atoms with Gasteiger partial charge in [-0.2, -0.15) is 0 Å². The highest BCUT2D eigenvalue weighted by Gasteiger charge is 1.98. The van der Waals surface area contributed by atoms with E-state index in [1.165, 1.54) is 0 Å². The van der Waals surface area contributed by atoms with Gasteiger partial charge in [0.25, 0.3) is 0 Å². The summed E-state index contributed by atoms with van der Waals surface area (Å²) in [7, 11) is 1.96. The van der Waals surface area contributed by atoms with Crippen molar-refractivity contribution in [1.82, 2.24) is 0 Å². The summed E-state index contributed by atoms with van der Waals surface area (Å²) in [5, 5.41) is 8.34. The van der Waals surface area contributed by atoms with Gasteiger partial charge < -0.3 is 9.84 Å². The summed E-state index contributed by atoms with van der Waals surface area (Å²) >= 11 is 0. The Hall–Kier alpha value is -1.45. The van der Waals surface area contributed by atoms with Crippen LogP contribution in [0, 0.1) is 0 Å². The van der Waals surface area contributed by atoms with Gasteiger partial charge in [0.1, 0.15) is 13.0 Å². The number of benzene rings is 1. The maximum Gasteiger partial charge on any atom is 0.341 e. The lowest BCUT2D eigenvalue weighted by Crippen LogP contribution is -2.12. The van der Waals surface area contributed by atoms with Crippen LogP contribution in [0.4, 0.5) is 0 Å². The molecule has 1 N–H and O–H groups in total. The molecule has 1 rings (SSSR count). The van der Waals surface area contributed by atoms with Crippen LogP contribution in [0.1, 0.15) is 0 Å². The predicted molar refractivity (Wildman–Crippen MR) is 50.8 cm³/mol. The SMILES string of the molecule is C[B]c1ccc(OCC(=O)O)cc1. The van der Waals surface area contributed by atoms with E-state index in [0.29, 0.717) is 5.75 Å². The minimum absolute atomic E-state index is 0.296. The molecule has 1 aromatic rings. The molecule has 1 aromatic carbocycles. The molecular weight excluding hydrogens is 167 g/mol. The molecule has 67 valence electrons. The van der Waals surface area contributed by atoms with Crippen LogP contribution in [0.15, 0.2) is 24.3 Å². The third kappa shape index (κ3) is 3.19. The van der Waals surface area contributed by atoms with Crippen molar-refractivity contribution in [3.63, 3.8) is 0 Å². The van der Waals surface area contributed by atoms with Crippen LogP contribution in [0.2, 0.25) is 6.82 Å². The average Bonchev–Trinajstić information content (AvgIpc) is 2.15. The van der Waals surface area contributed by atoms with E-state index in [9.17, 15) is 4.79 Å². The van der Waals surface area contributed by atoms with Crippen molar-refractivity contribution >= 4 is 18.7 Å². The molecule has 4 heteroatoms. The molecule has 0 saturated carbocycles. The maximum atomic E-state index is 10.2. The number of ether oxygens (including phenoxy) is 1. The minimum atomic E-state index is -0.967. The van der Waals surface area contributed by atoms with E-state index in [0.717, 1.165) is 5.46 Å². The first-order valence-corrected chi connectivity index (χ1v) is 3.96. The van der Waals surface area contributed by atoms with Crippen molar-refractivity contribution in [2.24, 2.45) is 0 Å². The number of carboxylic acids is 1. The maximum absolute atomic E-state index is 10.2. The van der Waals surface area contributed by atoms with E-state index in [2.05, 4.69) is 0 Å². The van der Waals surface area contributed by atoms with Crippen molar-refractivity contribution in [3.05, 3.63) is 24.3 Å². The van der Waals surface area contributed by atoms with E-state index >= 15 is 0 Å². The Labute approximate surface area is 77.6 Å². The Bertz CT molecular complexity index is 281. The van der Waals surface area contributed by atoms with Gasteiger partial charge in [-0.3, -0.25) is 0 Å². The molecule has 0 aliphatic carbocycles. The standard InChI is InChI=1S/C9H10BO3/c1-10-7-2-4-8(5-3-7)13-6-9(11)12/h2-5H,6H2,1H3,(H,11,12). The lowest BCUT2D eigenvalue weighted by molar-refractivity contribution is -0.139. The first-order valence-electron chi connectivity index (χ1n) is 3.96. The number of carboxylic acid groups (broad SMARTS) is 1. The average molecular weight is 177 g/mol. The monoisotopic (exact) mass is 177 g/mol. The second kappa shape index (κ2) is 4.55. The smallest absolute Gasteiger partial charge is 0.341 e. The van der Waals surface area contributed by atoms with Gasteiger partial charge in [-0.15, -0.1) is 0 Å². The zero-order valence-corrected chi connectivity index (χ0v) is 7.36. The van der Waals surface area contributed by atoms with Gasteiger partial charge in [-0.05, 0) is 12.1 Å². The Morgan fingerprint density at radius 2 is 2.08 bits per heavy atom. The van der Waals surface area contributed by atoms with E-state index < -0.39 is 5.97 Å². The lowest BCUT2D eigenvalue weighted by atomic mass is 9.73. The third-order valence-corrected chi connectivity index (χ3v) is 1.58. The summed E-state index contributed by atoms with van der Waals surface area (Å²) in [5.74, 6) is -0.390. The summed E-state index contributed by atoms with van der Waals surface area (Å²) in [6, 6.07) is 7.24. The Kier molecular flexibility index (Phi) is 3.37. The van der Waals surface area contributed by atoms with Crippen molar-refractivity contribution in [2.75, 3.05) is 6.61 Å². The van der Waals surface area contributed by atoms with Gasteiger partial charge in [0.2, 0.25) is 0 Å². The van der Waals surface area contributed by atoms with E-state index in [4.69, 9.17) is 9.84 Å². The van der Waals surface area contributed by atoms with Crippen LogP contribution in [0.5, 0.6) is 5.75 Å². The van der Waals surface area contributed by atoms with Crippen molar-refractivity contribution in [1.29, 1.82) is 0 Å². The van der Waals surface area contributed by atoms with Gasteiger partial charge in [-0.1, -0.05) is 24.4 Å². The van der Waals surface area contributed by atoms with E-state index in [1.807, 2.05) is 26.2 Å². The zero-order chi connectivity index (χ0) is 9.68. The van der Waals surface area contributed by atoms with Crippen LogP contribution in [-0.2, 0) is 4.79 Å². The highest BCUT2D eigenvalue weighted by Crippen LogP contribution is 2.06. The largest absolute Gasteiger partial charge is 0.482 e. The molecule has 0 amide bonds. The van der Waals surface area contributed by atoms with Gasteiger partial charge in [0.05, 0.1) is 0 Å². The molecule has 0 aliphatic rings. The van der Waals surface area contributed by atoms with Gasteiger partial charge in [0, 0.05) is 0 Å². The highest BCUT2D eigenvalue weighted by molar-refractivity contribution is 6.51. The van der Waals surface area contributed by atoms with Gasteiger partial charge in [0.15, 0.2) is 6.61 Å². The summed E-state index contributed by atoms with van der Waals surface area (Å²) in [6.07, 6.45) is 0. The number of rotatable bonds is 4. The Morgan fingerprint density at radius 1 is 1.46 bits per heavy atom.